The second kappa shape index (κ2) is 3.58. The Morgan fingerprint density at radius 3 is 2.80 bits per heavy atom. The second-order valence-corrected chi connectivity index (χ2v) is 5.83. The molecule has 0 aliphatic heterocycles. The van der Waals surface area contributed by atoms with E-state index in [4.69, 9.17) is 5.73 Å². The molecule has 0 aromatic heterocycles. The van der Waals surface area contributed by atoms with Crippen molar-refractivity contribution in [3.05, 3.63) is 33.8 Å². The molecule has 0 heterocycles. The highest BCUT2D eigenvalue weighted by Gasteiger charge is 2.36. The summed E-state index contributed by atoms with van der Waals surface area (Å²) >= 11 is 3.47. The third-order valence-corrected chi connectivity index (χ3v) is 3.73. The van der Waals surface area contributed by atoms with Crippen LogP contribution >= 0.6 is 15.9 Å². The van der Waals surface area contributed by atoms with Crippen molar-refractivity contribution in [2.45, 2.75) is 37.8 Å². The molecule has 0 radical (unpaired) electrons. The SMILES string of the molecule is CC1(C)CC(O)[C@@H](N)c2ccc(Br)cc21. The fourth-order valence-electron chi connectivity index (χ4n) is 2.37. The molecular formula is C12H16BrNO. The first kappa shape index (κ1) is 11.1. The Kier molecular flexibility index (Phi) is 2.65. The number of hydrogen-bond acceptors (Lipinski definition) is 2. The highest BCUT2D eigenvalue weighted by atomic mass is 79.9. The summed E-state index contributed by atoms with van der Waals surface area (Å²) in [5.41, 5.74) is 8.31. The van der Waals surface area contributed by atoms with Gasteiger partial charge in [-0.1, -0.05) is 35.8 Å². The minimum absolute atomic E-state index is 0.00556. The van der Waals surface area contributed by atoms with Gasteiger partial charge >= 0.3 is 0 Å². The predicted octanol–water partition coefficient (Wildman–Crippen LogP) is 2.49. The van der Waals surface area contributed by atoms with Crippen LogP contribution in [0.5, 0.6) is 0 Å². The molecule has 2 atom stereocenters. The zero-order chi connectivity index (χ0) is 11.2. The molecule has 0 saturated carbocycles. The van der Waals surface area contributed by atoms with Gasteiger partial charge in [0.25, 0.3) is 0 Å². The maximum atomic E-state index is 9.89. The van der Waals surface area contributed by atoms with E-state index < -0.39 is 6.10 Å². The molecule has 3 N–H and O–H groups in total. The average molecular weight is 270 g/mol. The monoisotopic (exact) mass is 269 g/mol. The lowest BCUT2D eigenvalue weighted by molar-refractivity contribution is 0.0994. The van der Waals surface area contributed by atoms with E-state index in [1.54, 1.807) is 0 Å². The summed E-state index contributed by atoms with van der Waals surface area (Å²) in [4.78, 5) is 0. The molecular weight excluding hydrogens is 254 g/mol. The van der Waals surface area contributed by atoms with Gasteiger partial charge in [-0.15, -0.1) is 0 Å². The fraction of sp³-hybridized carbons (Fsp3) is 0.500. The molecule has 2 nitrogen and oxygen atoms in total. The average Bonchev–Trinajstić information content (AvgIpc) is 2.14. The van der Waals surface area contributed by atoms with Crippen molar-refractivity contribution in [3.63, 3.8) is 0 Å². The van der Waals surface area contributed by atoms with Crippen LogP contribution in [-0.4, -0.2) is 11.2 Å². The van der Waals surface area contributed by atoms with Gasteiger partial charge in [0.2, 0.25) is 0 Å². The van der Waals surface area contributed by atoms with Crippen LogP contribution < -0.4 is 5.73 Å². The number of aliphatic hydroxyl groups excluding tert-OH is 1. The smallest absolute Gasteiger partial charge is 0.0741 e. The third-order valence-electron chi connectivity index (χ3n) is 3.24. The molecule has 2 rings (SSSR count). The van der Waals surface area contributed by atoms with E-state index in [0.717, 1.165) is 16.5 Å². The number of benzene rings is 1. The Labute approximate surface area is 98.6 Å². The van der Waals surface area contributed by atoms with Gasteiger partial charge in [-0.25, -0.2) is 0 Å². The van der Waals surface area contributed by atoms with Crippen LogP contribution in [0, 0.1) is 0 Å². The van der Waals surface area contributed by atoms with E-state index in [1.807, 2.05) is 12.1 Å². The molecule has 82 valence electrons. The summed E-state index contributed by atoms with van der Waals surface area (Å²) in [5.74, 6) is 0. The summed E-state index contributed by atoms with van der Waals surface area (Å²) in [6, 6.07) is 5.85. The van der Waals surface area contributed by atoms with Crippen molar-refractivity contribution in [3.8, 4) is 0 Å². The van der Waals surface area contributed by atoms with Gasteiger partial charge in [0, 0.05) is 4.47 Å². The summed E-state index contributed by atoms with van der Waals surface area (Å²) in [6.45, 7) is 4.29. The first-order valence-electron chi connectivity index (χ1n) is 5.15. The minimum Gasteiger partial charge on any atom is -0.391 e. The number of aliphatic hydroxyl groups is 1. The van der Waals surface area contributed by atoms with Crippen LogP contribution in [-0.2, 0) is 5.41 Å². The molecule has 0 bridgehead atoms. The Hall–Kier alpha value is -0.380. The quantitative estimate of drug-likeness (QED) is 0.760. The topological polar surface area (TPSA) is 46.2 Å². The van der Waals surface area contributed by atoms with Gasteiger partial charge in [0.05, 0.1) is 12.1 Å². The lowest BCUT2D eigenvalue weighted by Crippen LogP contribution is -2.39. The van der Waals surface area contributed by atoms with Crippen LogP contribution in [0.4, 0.5) is 0 Å². The van der Waals surface area contributed by atoms with E-state index in [9.17, 15) is 5.11 Å². The number of rotatable bonds is 0. The van der Waals surface area contributed by atoms with Gasteiger partial charge in [0.1, 0.15) is 0 Å². The first-order chi connectivity index (χ1) is 6.92. The third kappa shape index (κ3) is 1.84. The molecule has 1 aliphatic rings. The van der Waals surface area contributed by atoms with Crippen molar-refractivity contribution in [1.82, 2.24) is 0 Å². The largest absolute Gasteiger partial charge is 0.391 e. The van der Waals surface area contributed by atoms with Gasteiger partial charge in [-0.05, 0) is 35.1 Å². The number of hydrogen-bond donors (Lipinski definition) is 2. The van der Waals surface area contributed by atoms with E-state index in [-0.39, 0.29) is 11.5 Å². The highest BCUT2D eigenvalue weighted by molar-refractivity contribution is 9.10. The van der Waals surface area contributed by atoms with Gasteiger partial charge in [0.15, 0.2) is 0 Å². The summed E-state index contributed by atoms with van der Waals surface area (Å²) in [5, 5.41) is 9.89. The Balaban J connectivity index is 2.59. The highest BCUT2D eigenvalue weighted by Crippen LogP contribution is 2.41. The molecule has 0 amide bonds. The van der Waals surface area contributed by atoms with Crippen molar-refractivity contribution in [2.75, 3.05) is 0 Å². The lowest BCUT2D eigenvalue weighted by atomic mass is 9.70. The minimum atomic E-state index is -0.436. The van der Waals surface area contributed by atoms with Gasteiger partial charge < -0.3 is 10.8 Å². The van der Waals surface area contributed by atoms with Crippen molar-refractivity contribution < 1.29 is 5.11 Å². The number of halogens is 1. The van der Waals surface area contributed by atoms with E-state index in [2.05, 4.69) is 35.8 Å². The molecule has 0 fully saturated rings. The molecule has 3 heteroatoms. The summed E-state index contributed by atoms with van der Waals surface area (Å²) < 4.78 is 1.07. The van der Waals surface area contributed by atoms with E-state index in [1.165, 1.54) is 5.56 Å². The Morgan fingerprint density at radius 1 is 1.47 bits per heavy atom. The summed E-state index contributed by atoms with van der Waals surface area (Å²) in [6.07, 6.45) is 0.283. The predicted molar refractivity (Wildman–Crippen MR) is 64.7 cm³/mol. The maximum absolute atomic E-state index is 9.89. The Morgan fingerprint density at radius 2 is 2.13 bits per heavy atom. The molecule has 1 aromatic carbocycles. The van der Waals surface area contributed by atoms with Crippen molar-refractivity contribution in [2.24, 2.45) is 5.73 Å². The first-order valence-corrected chi connectivity index (χ1v) is 5.95. The molecule has 0 saturated heterocycles. The van der Waals surface area contributed by atoms with Crippen molar-refractivity contribution >= 4 is 15.9 Å². The standard InChI is InChI=1S/C12H16BrNO/c1-12(2)6-10(15)11(14)8-4-3-7(13)5-9(8)12/h3-5,10-11,15H,6,14H2,1-2H3/t10?,11-/m0/s1. The van der Waals surface area contributed by atoms with Crippen LogP contribution in [0.25, 0.3) is 0 Å². The lowest BCUT2D eigenvalue weighted by Gasteiger charge is -2.39. The van der Waals surface area contributed by atoms with Crippen LogP contribution in [0.2, 0.25) is 0 Å². The van der Waals surface area contributed by atoms with Gasteiger partial charge in [-0.2, -0.15) is 0 Å². The fourth-order valence-corrected chi connectivity index (χ4v) is 2.73. The molecule has 1 aliphatic carbocycles. The molecule has 0 spiro atoms. The zero-order valence-corrected chi connectivity index (χ0v) is 10.6. The zero-order valence-electron chi connectivity index (χ0n) is 9.00. The van der Waals surface area contributed by atoms with Crippen molar-refractivity contribution in [1.29, 1.82) is 0 Å². The van der Waals surface area contributed by atoms with E-state index >= 15 is 0 Å². The van der Waals surface area contributed by atoms with Crippen LogP contribution in [0.15, 0.2) is 22.7 Å². The molecule has 1 aromatic rings. The van der Waals surface area contributed by atoms with E-state index in [0.29, 0.717) is 0 Å². The second-order valence-electron chi connectivity index (χ2n) is 4.91. The Bertz CT molecular complexity index is 389. The van der Waals surface area contributed by atoms with Crippen LogP contribution in [0.3, 0.4) is 0 Å². The summed E-state index contributed by atoms with van der Waals surface area (Å²) in [7, 11) is 0. The van der Waals surface area contributed by atoms with Gasteiger partial charge in [-0.3, -0.25) is 0 Å². The molecule has 15 heavy (non-hydrogen) atoms. The number of nitrogens with two attached hydrogens (primary N) is 1. The maximum Gasteiger partial charge on any atom is 0.0741 e. The normalized spacial score (nSPS) is 28.6. The number of fused-ring (bicyclic) bond motifs is 1. The van der Waals surface area contributed by atoms with Crippen LogP contribution in [0.1, 0.15) is 37.4 Å². The molecule has 1 unspecified atom stereocenters.